The Balaban J connectivity index is 1.98. The predicted molar refractivity (Wildman–Crippen MR) is 75.7 cm³/mol. The lowest BCUT2D eigenvalue weighted by atomic mass is 10.0. The van der Waals surface area contributed by atoms with Gasteiger partial charge < -0.3 is 5.32 Å². The monoisotopic (exact) mass is 270 g/mol. The van der Waals surface area contributed by atoms with Crippen LogP contribution in [-0.4, -0.2) is 5.91 Å². The highest BCUT2D eigenvalue weighted by atomic mass is 35.5. The number of carbonyl (C=O) groups excluding carboxylic acids is 1. The number of rotatable bonds is 0. The quantitative estimate of drug-likeness (QED) is 0.793. The molecule has 1 N–H and O–H groups in total. The zero-order valence-corrected chi connectivity index (χ0v) is 11.0. The second-order valence-corrected chi connectivity index (χ2v) is 5.48. The van der Waals surface area contributed by atoms with Gasteiger partial charge in [0.1, 0.15) is 5.66 Å². The van der Waals surface area contributed by atoms with E-state index in [-0.39, 0.29) is 5.91 Å². The van der Waals surface area contributed by atoms with E-state index in [1.165, 1.54) is 0 Å². The van der Waals surface area contributed by atoms with Gasteiger partial charge in [0.25, 0.3) is 5.91 Å². The van der Waals surface area contributed by atoms with Crippen molar-refractivity contribution in [3.8, 4) is 0 Å². The maximum absolute atomic E-state index is 12.6. The second-order valence-electron chi connectivity index (χ2n) is 5.04. The Labute approximate surface area is 115 Å². The van der Waals surface area contributed by atoms with Crippen LogP contribution in [-0.2, 0) is 5.66 Å². The molecule has 2 aliphatic rings. The van der Waals surface area contributed by atoms with Crippen LogP contribution < -0.4 is 10.2 Å². The molecule has 3 nitrogen and oxygen atoms in total. The molecule has 0 aromatic heterocycles. The number of amides is 1. The largest absolute Gasteiger partial charge is 0.357 e. The zero-order valence-electron chi connectivity index (χ0n) is 10.3. The molecule has 0 saturated heterocycles. The highest BCUT2D eigenvalue weighted by molar-refractivity contribution is 6.31. The van der Waals surface area contributed by atoms with Crippen molar-refractivity contribution in [3.05, 3.63) is 58.6 Å². The van der Waals surface area contributed by atoms with Crippen LogP contribution in [0.2, 0.25) is 5.02 Å². The number of nitrogens with zero attached hydrogens (tertiary/aromatic N) is 1. The topological polar surface area (TPSA) is 32.3 Å². The zero-order chi connectivity index (χ0) is 13.2. The van der Waals surface area contributed by atoms with Crippen molar-refractivity contribution < 1.29 is 4.79 Å². The van der Waals surface area contributed by atoms with E-state index >= 15 is 0 Å². The molecular weight excluding hydrogens is 260 g/mol. The molecule has 1 unspecified atom stereocenters. The Hall–Kier alpha value is -2.00. The smallest absolute Gasteiger partial charge is 0.260 e. The lowest BCUT2D eigenvalue weighted by Crippen LogP contribution is -2.42. The Bertz CT molecular complexity index is 728. The number of hydrogen-bond donors (Lipinski definition) is 1. The molecule has 0 aliphatic carbocycles. The molecule has 0 saturated carbocycles. The number of benzene rings is 2. The fourth-order valence-corrected chi connectivity index (χ4v) is 3.25. The van der Waals surface area contributed by atoms with Crippen LogP contribution in [0, 0.1) is 0 Å². The lowest BCUT2D eigenvalue weighted by molar-refractivity contribution is 0.0986. The summed E-state index contributed by atoms with van der Waals surface area (Å²) < 4.78 is 0. The summed E-state index contributed by atoms with van der Waals surface area (Å²) in [6.07, 6.45) is 0. The summed E-state index contributed by atoms with van der Waals surface area (Å²) in [5.41, 5.74) is 3.04. The number of fused-ring (bicyclic) bond motifs is 5. The maximum Gasteiger partial charge on any atom is 0.260 e. The summed E-state index contributed by atoms with van der Waals surface area (Å²) in [4.78, 5) is 14.4. The van der Waals surface area contributed by atoms with Gasteiger partial charge in [0.15, 0.2) is 0 Å². The third kappa shape index (κ3) is 1.21. The normalized spacial score (nSPS) is 22.8. The van der Waals surface area contributed by atoms with Crippen LogP contribution >= 0.6 is 11.6 Å². The van der Waals surface area contributed by atoms with Gasteiger partial charge in [-0.25, -0.2) is 0 Å². The maximum atomic E-state index is 12.6. The summed E-state index contributed by atoms with van der Waals surface area (Å²) in [5, 5.41) is 4.08. The first kappa shape index (κ1) is 10.9. The van der Waals surface area contributed by atoms with Gasteiger partial charge in [0.05, 0.1) is 11.4 Å². The number of halogens is 1. The van der Waals surface area contributed by atoms with Crippen LogP contribution in [0.3, 0.4) is 0 Å². The summed E-state index contributed by atoms with van der Waals surface area (Å²) in [5.74, 6) is 0.0340. The van der Waals surface area contributed by atoms with Crippen molar-refractivity contribution in [1.82, 2.24) is 0 Å². The first-order valence-corrected chi connectivity index (χ1v) is 6.51. The fraction of sp³-hybridized carbons (Fsp3) is 0.133. The average molecular weight is 271 g/mol. The Kier molecular flexibility index (Phi) is 1.89. The van der Waals surface area contributed by atoms with Gasteiger partial charge >= 0.3 is 0 Å². The van der Waals surface area contributed by atoms with Crippen LogP contribution in [0.15, 0.2) is 42.5 Å². The third-order valence-electron chi connectivity index (χ3n) is 3.91. The third-order valence-corrected chi connectivity index (χ3v) is 4.14. The van der Waals surface area contributed by atoms with Crippen molar-refractivity contribution in [2.75, 3.05) is 10.2 Å². The molecule has 4 rings (SSSR count). The minimum absolute atomic E-state index is 0.0340. The lowest BCUT2D eigenvalue weighted by Gasteiger charge is -2.28. The van der Waals surface area contributed by atoms with Crippen molar-refractivity contribution in [2.24, 2.45) is 0 Å². The molecule has 0 fully saturated rings. The van der Waals surface area contributed by atoms with Crippen LogP contribution in [0.1, 0.15) is 22.8 Å². The minimum Gasteiger partial charge on any atom is -0.357 e. The van der Waals surface area contributed by atoms with E-state index in [1.807, 2.05) is 54.3 Å². The molecule has 0 radical (unpaired) electrons. The first-order chi connectivity index (χ1) is 9.11. The van der Waals surface area contributed by atoms with E-state index in [1.54, 1.807) is 0 Å². The molecule has 4 heteroatoms. The van der Waals surface area contributed by atoms with Gasteiger partial charge in [-0.2, -0.15) is 0 Å². The van der Waals surface area contributed by atoms with Gasteiger partial charge in [-0.05, 0) is 31.2 Å². The molecular formula is C15H11ClN2O. The van der Waals surface area contributed by atoms with Crippen molar-refractivity contribution >= 4 is 28.9 Å². The highest BCUT2D eigenvalue weighted by Crippen LogP contribution is 2.50. The van der Waals surface area contributed by atoms with E-state index in [2.05, 4.69) is 5.32 Å². The molecule has 19 heavy (non-hydrogen) atoms. The van der Waals surface area contributed by atoms with E-state index in [9.17, 15) is 4.79 Å². The minimum atomic E-state index is -0.513. The number of nitrogens with one attached hydrogen (secondary N) is 1. The van der Waals surface area contributed by atoms with Crippen molar-refractivity contribution in [1.29, 1.82) is 0 Å². The highest BCUT2D eigenvalue weighted by Gasteiger charge is 2.51. The first-order valence-electron chi connectivity index (χ1n) is 6.13. The Morgan fingerprint density at radius 3 is 2.84 bits per heavy atom. The molecule has 2 heterocycles. The predicted octanol–water partition coefficient (Wildman–Crippen LogP) is 3.60. The molecule has 94 valence electrons. The van der Waals surface area contributed by atoms with E-state index < -0.39 is 5.66 Å². The molecule has 0 spiro atoms. The van der Waals surface area contributed by atoms with Gasteiger partial charge in [-0.3, -0.25) is 9.69 Å². The van der Waals surface area contributed by atoms with E-state index in [4.69, 9.17) is 11.6 Å². The van der Waals surface area contributed by atoms with Crippen LogP contribution in [0.25, 0.3) is 0 Å². The van der Waals surface area contributed by atoms with E-state index in [0.29, 0.717) is 5.02 Å². The Morgan fingerprint density at radius 1 is 1.21 bits per heavy atom. The summed E-state index contributed by atoms with van der Waals surface area (Å²) in [6.45, 7) is 2.02. The summed E-state index contributed by atoms with van der Waals surface area (Å²) >= 11 is 6.02. The van der Waals surface area contributed by atoms with E-state index in [0.717, 1.165) is 22.5 Å². The van der Waals surface area contributed by atoms with Gasteiger partial charge in [-0.15, -0.1) is 0 Å². The summed E-state index contributed by atoms with van der Waals surface area (Å²) in [7, 11) is 0. The van der Waals surface area contributed by atoms with Gasteiger partial charge in [0.2, 0.25) is 0 Å². The number of anilines is 2. The summed E-state index contributed by atoms with van der Waals surface area (Å²) in [6, 6.07) is 13.3. The van der Waals surface area contributed by atoms with Gasteiger partial charge in [-0.1, -0.05) is 29.8 Å². The van der Waals surface area contributed by atoms with Crippen molar-refractivity contribution in [3.63, 3.8) is 0 Å². The molecule has 2 aromatic carbocycles. The fourth-order valence-electron chi connectivity index (χ4n) is 3.08. The van der Waals surface area contributed by atoms with Crippen molar-refractivity contribution in [2.45, 2.75) is 12.6 Å². The van der Waals surface area contributed by atoms with Gasteiger partial charge in [0, 0.05) is 16.1 Å². The standard InChI is InChI=1S/C15H11ClN2O/c1-15-11-5-3-2-4-10(11)14(19)18(15)13-7-6-9(16)8-12(13)17-15/h2-8,17H,1H3. The Morgan fingerprint density at radius 2 is 2.00 bits per heavy atom. The molecule has 2 aromatic rings. The van der Waals surface area contributed by atoms with Crippen LogP contribution in [0.5, 0.6) is 0 Å². The second kappa shape index (κ2) is 3.31. The molecule has 2 aliphatic heterocycles. The molecule has 1 atom stereocenters. The molecule has 1 amide bonds. The molecule has 0 bridgehead atoms. The average Bonchev–Trinajstić information content (AvgIpc) is 2.80. The number of hydrogen-bond acceptors (Lipinski definition) is 2. The number of carbonyl (C=O) groups is 1. The SMILES string of the molecule is CC12Nc3cc(Cl)ccc3N1C(=O)c1ccccc12. The van der Waals surface area contributed by atoms with Crippen LogP contribution in [0.4, 0.5) is 11.4 Å².